The molecule has 1 atom stereocenters. The van der Waals surface area contributed by atoms with Crippen LogP contribution in [0, 0.1) is 0 Å². The van der Waals surface area contributed by atoms with Gasteiger partial charge in [0.05, 0.1) is 6.10 Å². The topological polar surface area (TPSA) is 26.7 Å². The van der Waals surface area contributed by atoms with Crippen LogP contribution in [-0.4, -0.2) is 54.6 Å². The molecule has 0 radical (unpaired) electrons. The molecule has 2 aromatic rings. The Hall–Kier alpha value is -1.20. The zero-order chi connectivity index (χ0) is 16.8. The Balaban J connectivity index is 1.41. The van der Waals surface area contributed by atoms with Crippen LogP contribution in [-0.2, 0) is 0 Å². The van der Waals surface area contributed by atoms with E-state index in [0.717, 1.165) is 42.6 Å². The second-order valence-corrected chi connectivity index (χ2v) is 7.58. The maximum absolute atomic E-state index is 10.3. The van der Waals surface area contributed by atoms with Crippen LogP contribution in [0.3, 0.4) is 0 Å². The van der Waals surface area contributed by atoms with Crippen molar-refractivity contribution in [2.24, 2.45) is 0 Å². The fraction of sp³-hybridized carbons (Fsp3) is 0.368. The molecule has 0 aromatic heterocycles. The molecule has 1 aliphatic heterocycles. The van der Waals surface area contributed by atoms with Crippen molar-refractivity contribution in [2.75, 3.05) is 43.4 Å². The Morgan fingerprint density at radius 3 is 2.46 bits per heavy atom. The zero-order valence-electron chi connectivity index (χ0n) is 13.6. The van der Waals surface area contributed by atoms with Crippen molar-refractivity contribution >= 4 is 29.1 Å². The second kappa shape index (κ2) is 8.77. The van der Waals surface area contributed by atoms with Gasteiger partial charge in [-0.3, -0.25) is 4.90 Å². The molecule has 0 amide bonds. The summed E-state index contributed by atoms with van der Waals surface area (Å²) in [7, 11) is 0. The Labute approximate surface area is 153 Å². The van der Waals surface area contributed by atoms with Gasteiger partial charge in [-0.25, -0.2) is 0 Å². The summed E-state index contributed by atoms with van der Waals surface area (Å²) in [5.41, 5.74) is 1.29. The van der Waals surface area contributed by atoms with Crippen LogP contribution < -0.4 is 4.90 Å². The first kappa shape index (κ1) is 17.6. The van der Waals surface area contributed by atoms with Crippen molar-refractivity contribution in [1.82, 2.24) is 4.90 Å². The Kier molecular flexibility index (Phi) is 6.44. The highest BCUT2D eigenvalue weighted by molar-refractivity contribution is 7.99. The molecule has 1 fully saturated rings. The van der Waals surface area contributed by atoms with Crippen LogP contribution in [0.1, 0.15) is 0 Å². The highest BCUT2D eigenvalue weighted by atomic mass is 35.5. The van der Waals surface area contributed by atoms with Crippen molar-refractivity contribution < 1.29 is 5.11 Å². The van der Waals surface area contributed by atoms with E-state index in [1.165, 1.54) is 5.69 Å². The molecular weight excluding hydrogens is 340 g/mol. The number of anilines is 1. The van der Waals surface area contributed by atoms with E-state index in [2.05, 4.69) is 34.1 Å². The average molecular weight is 363 g/mol. The van der Waals surface area contributed by atoms with E-state index in [9.17, 15) is 5.11 Å². The lowest BCUT2D eigenvalue weighted by molar-refractivity contribution is 0.126. The molecule has 0 aliphatic carbocycles. The molecule has 1 N–H and O–H groups in total. The fourth-order valence-corrected chi connectivity index (χ4v) is 4.06. The van der Waals surface area contributed by atoms with E-state index in [0.29, 0.717) is 5.75 Å². The highest BCUT2D eigenvalue weighted by Crippen LogP contribution is 2.22. The lowest BCUT2D eigenvalue weighted by Gasteiger charge is -2.36. The largest absolute Gasteiger partial charge is 0.391 e. The van der Waals surface area contributed by atoms with E-state index in [1.54, 1.807) is 11.8 Å². The van der Waals surface area contributed by atoms with Crippen LogP contribution in [0.4, 0.5) is 5.69 Å². The number of aliphatic hydroxyl groups excluding tert-OH is 1. The summed E-state index contributed by atoms with van der Waals surface area (Å²) in [6.45, 7) is 4.74. The van der Waals surface area contributed by atoms with Crippen molar-refractivity contribution in [3.05, 3.63) is 59.6 Å². The number of β-amino-alcohol motifs (C(OH)–C–C–N with tert-alkyl or cyclic N) is 1. The molecule has 3 nitrogen and oxygen atoms in total. The SMILES string of the molecule is O[C@@H](CSc1cccc(Cl)c1)CN1CCN(c2ccccc2)CC1. The monoisotopic (exact) mass is 362 g/mol. The molecule has 24 heavy (non-hydrogen) atoms. The van der Waals surface area contributed by atoms with Gasteiger partial charge in [0.1, 0.15) is 0 Å². The standard InChI is InChI=1S/C19H23ClN2OS/c20-16-5-4-8-19(13-16)24-15-18(23)14-21-9-11-22(12-10-21)17-6-2-1-3-7-17/h1-8,13,18,23H,9-12,14-15H2/t18-/m1/s1. The number of nitrogens with zero attached hydrogens (tertiary/aromatic N) is 2. The Bertz CT molecular complexity index is 632. The van der Waals surface area contributed by atoms with Gasteiger partial charge in [-0.2, -0.15) is 0 Å². The number of benzene rings is 2. The molecule has 1 aliphatic rings. The van der Waals surface area contributed by atoms with Crippen molar-refractivity contribution in [1.29, 1.82) is 0 Å². The first-order valence-corrected chi connectivity index (χ1v) is 9.66. The number of para-hydroxylation sites is 1. The summed E-state index contributed by atoms with van der Waals surface area (Å²) >= 11 is 7.65. The number of thioether (sulfide) groups is 1. The predicted octanol–water partition coefficient (Wildman–Crippen LogP) is 3.62. The molecule has 0 saturated carbocycles. The number of halogens is 1. The van der Waals surface area contributed by atoms with Crippen molar-refractivity contribution in [3.8, 4) is 0 Å². The molecule has 0 spiro atoms. The molecule has 128 valence electrons. The maximum Gasteiger partial charge on any atom is 0.0760 e. The highest BCUT2D eigenvalue weighted by Gasteiger charge is 2.19. The predicted molar refractivity (Wildman–Crippen MR) is 103 cm³/mol. The lowest BCUT2D eigenvalue weighted by Crippen LogP contribution is -2.48. The summed E-state index contributed by atoms with van der Waals surface area (Å²) in [6, 6.07) is 18.3. The van der Waals surface area contributed by atoms with Crippen molar-refractivity contribution in [3.63, 3.8) is 0 Å². The van der Waals surface area contributed by atoms with Gasteiger partial charge in [0.15, 0.2) is 0 Å². The third kappa shape index (κ3) is 5.15. The van der Waals surface area contributed by atoms with Gasteiger partial charge in [-0.1, -0.05) is 35.9 Å². The van der Waals surface area contributed by atoms with Crippen LogP contribution in [0.25, 0.3) is 0 Å². The van der Waals surface area contributed by atoms with Crippen LogP contribution >= 0.6 is 23.4 Å². The van der Waals surface area contributed by atoms with Gasteiger partial charge >= 0.3 is 0 Å². The first-order chi connectivity index (χ1) is 11.7. The van der Waals surface area contributed by atoms with Gasteiger partial charge in [-0.05, 0) is 30.3 Å². The number of hydrogen-bond acceptors (Lipinski definition) is 4. The minimum atomic E-state index is -0.322. The van der Waals surface area contributed by atoms with E-state index in [-0.39, 0.29) is 6.10 Å². The normalized spacial score (nSPS) is 17.0. The minimum Gasteiger partial charge on any atom is -0.391 e. The van der Waals surface area contributed by atoms with Crippen LogP contribution in [0.2, 0.25) is 5.02 Å². The first-order valence-electron chi connectivity index (χ1n) is 8.29. The van der Waals surface area contributed by atoms with Crippen LogP contribution in [0.15, 0.2) is 59.5 Å². The van der Waals surface area contributed by atoms with E-state index in [1.807, 2.05) is 30.3 Å². The van der Waals surface area contributed by atoms with Gasteiger partial charge < -0.3 is 10.0 Å². The fourth-order valence-electron chi connectivity index (χ4n) is 2.93. The number of rotatable bonds is 6. The summed E-state index contributed by atoms with van der Waals surface area (Å²) in [5, 5.41) is 11.0. The zero-order valence-corrected chi connectivity index (χ0v) is 15.2. The number of aliphatic hydroxyl groups is 1. The molecule has 1 saturated heterocycles. The lowest BCUT2D eigenvalue weighted by atomic mass is 10.2. The molecule has 0 bridgehead atoms. The summed E-state index contributed by atoms with van der Waals surface area (Å²) in [5.74, 6) is 0.694. The van der Waals surface area contributed by atoms with Crippen molar-refractivity contribution in [2.45, 2.75) is 11.0 Å². The van der Waals surface area contributed by atoms with Gasteiger partial charge in [0.25, 0.3) is 0 Å². The molecule has 3 rings (SSSR count). The van der Waals surface area contributed by atoms with E-state index >= 15 is 0 Å². The quantitative estimate of drug-likeness (QED) is 0.794. The summed E-state index contributed by atoms with van der Waals surface area (Å²) in [4.78, 5) is 5.86. The van der Waals surface area contributed by atoms with Gasteiger partial charge in [-0.15, -0.1) is 11.8 Å². The smallest absolute Gasteiger partial charge is 0.0760 e. The Morgan fingerprint density at radius 2 is 1.75 bits per heavy atom. The van der Waals surface area contributed by atoms with Gasteiger partial charge in [0.2, 0.25) is 0 Å². The molecule has 5 heteroatoms. The maximum atomic E-state index is 10.3. The third-order valence-electron chi connectivity index (χ3n) is 4.20. The van der Waals surface area contributed by atoms with Gasteiger partial charge in [0, 0.05) is 54.1 Å². The minimum absolute atomic E-state index is 0.322. The van der Waals surface area contributed by atoms with E-state index in [4.69, 9.17) is 11.6 Å². The van der Waals surface area contributed by atoms with Crippen LogP contribution in [0.5, 0.6) is 0 Å². The number of piperazine rings is 1. The second-order valence-electron chi connectivity index (χ2n) is 6.05. The average Bonchev–Trinajstić information content (AvgIpc) is 2.61. The summed E-state index contributed by atoms with van der Waals surface area (Å²) < 4.78 is 0. The Morgan fingerprint density at radius 1 is 1.00 bits per heavy atom. The molecule has 1 heterocycles. The molecular formula is C19H23ClN2OS. The molecule has 0 unspecified atom stereocenters. The summed E-state index contributed by atoms with van der Waals surface area (Å²) in [6.07, 6.45) is -0.322. The third-order valence-corrected chi connectivity index (χ3v) is 5.57. The number of hydrogen-bond donors (Lipinski definition) is 1. The van der Waals surface area contributed by atoms with E-state index < -0.39 is 0 Å². The molecule has 2 aromatic carbocycles.